The molecule has 1 aromatic rings. The van der Waals surface area contributed by atoms with Crippen LogP contribution in [0, 0.1) is 0 Å². The summed E-state index contributed by atoms with van der Waals surface area (Å²) in [4.78, 5) is 10.9. The van der Waals surface area contributed by atoms with Crippen LogP contribution in [-0.4, -0.2) is 26.3 Å². The van der Waals surface area contributed by atoms with E-state index in [-0.39, 0.29) is 0 Å². The molecule has 0 saturated heterocycles. The van der Waals surface area contributed by atoms with Gasteiger partial charge in [-0.1, -0.05) is 0 Å². The third-order valence-corrected chi connectivity index (χ3v) is 2.21. The van der Waals surface area contributed by atoms with Gasteiger partial charge in [-0.15, -0.1) is 0 Å². The molecule has 19 heavy (non-hydrogen) atoms. The van der Waals surface area contributed by atoms with E-state index in [1.807, 2.05) is 32.0 Å². The number of nitrogens with one attached hydrogen (secondary N) is 1. The molecule has 0 bridgehead atoms. The second-order valence-electron chi connectivity index (χ2n) is 3.53. The van der Waals surface area contributed by atoms with Crippen molar-refractivity contribution in [2.75, 3.05) is 25.6 Å². The Bertz CT molecular complexity index is 443. The van der Waals surface area contributed by atoms with Crippen LogP contribution in [0.3, 0.4) is 0 Å². The van der Waals surface area contributed by atoms with Gasteiger partial charge in [0.25, 0.3) is 0 Å². The number of anilines is 1. The Balaban J connectivity index is 2.77. The molecule has 0 atom stereocenters. The third-order valence-electron chi connectivity index (χ3n) is 2.21. The molecule has 1 aromatic carbocycles. The number of hydrogen-bond donors (Lipinski definition) is 1. The number of rotatable bonds is 7. The summed E-state index contributed by atoms with van der Waals surface area (Å²) in [6.07, 6.45) is 2.81. The van der Waals surface area contributed by atoms with E-state index in [0.29, 0.717) is 24.7 Å². The number of esters is 1. The Labute approximate surface area is 113 Å². The summed E-state index contributed by atoms with van der Waals surface area (Å²) in [6.45, 7) is 4.96. The highest BCUT2D eigenvalue weighted by Crippen LogP contribution is 2.30. The summed E-state index contributed by atoms with van der Waals surface area (Å²) >= 11 is 0. The van der Waals surface area contributed by atoms with Gasteiger partial charge in [0.2, 0.25) is 0 Å². The molecule has 5 heteroatoms. The maximum atomic E-state index is 10.9. The zero-order chi connectivity index (χ0) is 14.1. The van der Waals surface area contributed by atoms with E-state index in [0.717, 1.165) is 5.69 Å². The number of carbonyl (C=O) groups excluding carboxylic acids is 1. The summed E-state index contributed by atoms with van der Waals surface area (Å²) < 4.78 is 15.4. The van der Waals surface area contributed by atoms with Gasteiger partial charge in [-0.05, 0) is 26.0 Å². The molecule has 0 saturated carbocycles. The first-order chi connectivity index (χ1) is 9.21. The van der Waals surface area contributed by atoms with E-state index in [1.54, 1.807) is 0 Å². The molecule has 0 fully saturated rings. The van der Waals surface area contributed by atoms with Crippen molar-refractivity contribution in [3.63, 3.8) is 0 Å². The predicted octanol–water partition coefficient (Wildman–Crippen LogP) is 2.58. The highest BCUT2D eigenvalue weighted by molar-refractivity contribution is 5.82. The van der Waals surface area contributed by atoms with Crippen molar-refractivity contribution in [3.8, 4) is 11.5 Å². The van der Waals surface area contributed by atoms with Crippen LogP contribution in [0.5, 0.6) is 11.5 Å². The van der Waals surface area contributed by atoms with Crippen LogP contribution in [0.15, 0.2) is 30.5 Å². The van der Waals surface area contributed by atoms with Gasteiger partial charge >= 0.3 is 5.97 Å². The smallest absolute Gasteiger partial charge is 0.331 e. The lowest BCUT2D eigenvalue weighted by Crippen LogP contribution is -2.00. The lowest BCUT2D eigenvalue weighted by Gasteiger charge is -2.12. The first kappa shape index (κ1) is 14.9. The van der Waals surface area contributed by atoms with Gasteiger partial charge in [-0.25, -0.2) is 4.79 Å². The van der Waals surface area contributed by atoms with Crippen molar-refractivity contribution in [3.05, 3.63) is 30.5 Å². The molecule has 0 radical (unpaired) electrons. The lowest BCUT2D eigenvalue weighted by molar-refractivity contribution is -0.134. The molecule has 1 rings (SSSR count). The summed E-state index contributed by atoms with van der Waals surface area (Å²) in [5.74, 6) is 0.955. The van der Waals surface area contributed by atoms with Crippen molar-refractivity contribution in [2.24, 2.45) is 0 Å². The van der Waals surface area contributed by atoms with Crippen LogP contribution < -0.4 is 14.8 Å². The zero-order valence-corrected chi connectivity index (χ0v) is 11.4. The van der Waals surface area contributed by atoms with Crippen LogP contribution in [0.25, 0.3) is 0 Å². The fraction of sp³-hybridized carbons (Fsp3) is 0.357. The molecule has 104 valence electrons. The van der Waals surface area contributed by atoms with Crippen molar-refractivity contribution in [1.29, 1.82) is 0 Å². The second kappa shape index (κ2) is 8.02. The Morgan fingerprint density at radius 2 is 1.89 bits per heavy atom. The van der Waals surface area contributed by atoms with E-state index >= 15 is 0 Å². The second-order valence-corrected chi connectivity index (χ2v) is 3.53. The summed E-state index contributed by atoms with van der Waals surface area (Å²) in [7, 11) is 1.33. The summed E-state index contributed by atoms with van der Waals surface area (Å²) in [5, 5.41) is 2.96. The van der Waals surface area contributed by atoms with Crippen molar-refractivity contribution in [2.45, 2.75) is 13.8 Å². The Kier molecular flexibility index (Phi) is 6.29. The SMILES string of the molecule is CCOc1ccc(N/C=C/C(=O)OC)cc1OCC. The average molecular weight is 265 g/mol. The van der Waals surface area contributed by atoms with Gasteiger partial charge in [-0.3, -0.25) is 0 Å². The minimum absolute atomic E-state index is 0.413. The normalized spacial score (nSPS) is 10.3. The topological polar surface area (TPSA) is 56.8 Å². The Hall–Kier alpha value is -2.17. The Morgan fingerprint density at radius 3 is 2.53 bits per heavy atom. The molecular weight excluding hydrogens is 246 g/mol. The van der Waals surface area contributed by atoms with E-state index < -0.39 is 5.97 Å². The fourth-order valence-electron chi connectivity index (χ4n) is 1.41. The molecule has 5 nitrogen and oxygen atoms in total. The molecule has 0 heterocycles. The van der Waals surface area contributed by atoms with Gasteiger partial charge in [-0.2, -0.15) is 0 Å². The standard InChI is InChI=1S/C14H19NO4/c1-4-18-12-7-6-11(10-13(12)19-5-2)15-9-8-14(16)17-3/h6-10,15H,4-5H2,1-3H3/b9-8+. The highest BCUT2D eigenvalue weighted by Gasteiger charge is 2.05. The summed E-state index contributed by atoms with van der Waals surface area (Å²) in [5.41, 5.74) is 0.798. The largest absolute Gasteiger partial charge is 0.490 e. The molecule has 0 amide bonds. The van der Waals surface area contributed by atoms with E-state index in [4.69, 9.17) is 9.47 Å². The first-order valence-corrected chi connectivity index (χ1v) is 6.12. The third kappa shape index (κ3) is 4.91. The van der Waals surface area contributed by atoms with Crippen LogP contribution in [-0.2, 0) is 9.53 Å². The molecule has 0 spiro atoms. The van der Waals surface area contributed by atoms with Gasteiger partial charge in [0.15, 0.2) is 11.5 Å². The number of ether oxygens (including phenoxy) is 3. The maximum Gasteiger partial charge on any atom is 0.331 e. The molecule has 0 unspecified atom stereocenters. The van der Waals surface area contributed by atoms with E-state index in [2.05, 4.69) is 10.1 Å². The van der Waals surface area contributed by atoms with Gasteiger partial charge < -0.3 is 19.5 Å². The van der Waals surface area contributed by atoms with Crippen LogP contribution in [0.2, 0.25) is 0 Å². The molecule has 0 aliphatic carbocycles. The van der Waals surface area contributed by atoms with Gasteiger partial charge in [0.1, 0.15) is 0 Å². The van der Waals surface area contributed by atoms with Gasteiger partial charge in [0, 0.05) is 24.0 Å². The van der Waals surface area contributed by atoms with Crippen molar-refractivity contribution >= 4 is 11.7 Å². The minimum atomic E-state index is -0.413. The summed E-state index contributed by atoms with van der Waals surface area (Å²) in [6, 6.07) is 5.48. The van der Waals surface area contributed by atoms with E-state index in [1.165, 1.54) is 19.4 Å². The number of methoxy groups -OCH3 is 1. The predicted molar refractivity (Wildman–Crippen MR) is 73.6 cm³/mol. The molecule has 0 aliphatic heterocycles. The fourth-order valence-corrected chi connectivity index (χ4v) is 1.41. The van der Waals surface area contributed by atoms with Crippen LogP contribution >= 0.6 is 0 Å². The van der Waals surface area contributed by atoms with Gasteiger partial charge in [0.05, 0.1) is 20.3 Å². The quantitative estimate of drug-likeness (QED) is 0.606. The lowest BCUT2D eigenvalue weighted by atomic mass is 10.2. The number of hydrogen-bond acceptors (Lipinski definition) is 5. The average Bonchev–Trinajstić information content (AvgIpc) is 2.42. The van der Waals surface area contributed by atoms with Crippen LogP contribution in [0.4, 0.5) is 5.69 Å². The molecule has 0 aromatic heterocycles. The molecule has 0 aliphatic rings. The van der Waals surface area contributed by atoms with Crippen molar-refractivity contribution < 1.29 is 19.0 Å². The van der Waals surface area contributed by atoms with Crippen LogP contribution in [0.1, 0.15) is 13.8 Å². The maximum absolute atomic E-state index is 10.9. The highest BCUT2D eigenvalue weighted by atomic mass is 16.5. The Morgan fingerprint density at radius 1 is 1.21 bits per heavy atom. The van der Waals surface area contributed by atoms with Crippen molar-refractivity contribution in [1.82, 2.24) is 0 Å². The number of benzene rings is 1. The monoisotopic (exact) mass is 265 g/mol. The molecule has 1 N–H and O–H groups in total. The zero-order valence-electron chi connectivity index (χ0n) is 11.4. The molecular formula is C14H19NO4. The number of carbonyl (C=O) groups is 1. The first-order valence-electron chi connectivity index (χ1n) is 6.12. The minimum Gasteiger partial charge on any atom is -0.490 e. The van der Waals surface area contributed by atoms with E-state index in [9.17, 15) is 4.79 Å².